The van der Waals surface area contributed by atoms with E-state index in [9.17, 15) is 9.18 Å². The van der Waals surface area contributed by atoms with E-state index in [1.807, 2.05) is 19.1 Å². The number of hydrogen-bond acceptors (Lipinski definition) is 2. The zero-order valence-corrected chi connectivity index (χ0v) is 12.4. The van der Waals surface area contributed by atoms with Gasteiger partial charge in [0.2, 0.25) is 0 Å². The van der Waals surface area contributed by atoms with Crippen LogP contribution in [-0.2, 0) is 0 Å². The number of carbonyl (C=O) groups is 1. The lowest BCUT2D eigenvalue weighted by Gasteiger charge is -2.16. The first kappa shape index (κ1) is 15.3. The van der Waals surface area contributed by atoms with Crippen LogP contribution in [0.25, 0.3) is 0 Å². The monoisotopic (exact) mass is 307 g/mol. The standard InChI is InChI=1S/C16H15ClFNO2/c1-10(11-3-5-12(17)6-4-11)19-16(20)14-9-13(18)7-8-15(14)21-2/h3-10H,1-2H3,(H,19,20). The highest BCUT2D eigenvalue weighted by molar-refractivity contribution is 6.30. The molecule has 21 heavy (non-hydrogen) atoms. The van der Waals surface area contributed by atoms with Crippen LogP contribution in [0.3, 0.4) is 0 Å². The van der Waals surface area contributed by atoms with Crippen molar-refractivity contribution in [3.63, 3.8) is 0 Å². The summed E-state index contributed by atoms with van der Waals surface area (Å²) in [5.41, 5.74) is 1.07. The number of rotatable bonds is 4. The summed E-state index contributed by atoms with van der Waals surface area (Å²) in [4.78, 5) is 12.2. The molecule has 3 nitrogen and oxygen atoms in total. The molecule has 1 N–H and O–H groups in total. The van der Waals surface area contributed by atoms with E-state index >= 15 is 0 Å². The fourth-order valence-corrected chi connectivity index (χ4v) is 2.09. The van der Waals surface area contributed by atoms with Crippen LogP contribution in [0.5, 0.6) is 5.75 Å². The number of nitrogens with one attached hydrogen (secondary N) is 1. The molecule has 1 amide bonds. The zero-order chi connectivity index (χ0) is 15.4. The van der Waals surface area contributed by atoms with Gasteiger partial charge in [0.25, 0.3) is 5.91 Å². The molecule has 0 spiro atoms. The van der Waals surface area contributed by atoms with Crippen LogP contribution < -0.4 is 10.1 Å². The molecule has 0 saturated heterocycles. The fourth-order valence-electron chi connectivity index (χ4n) is 1.97. The van der Waals surface area contributed by atoms with Crippen molar-refractivity contribution in [2.24, 2.45) is 0 Å². The molecule has 2 aromatic rings. The van der Waals surface area contributed by atoms with E-state index in [4.69, 9.17) is 16.3 Å². The normalized spacial score (nSPS) is 11.8. The van der Waals surface area contributed by atoms with Gasteiger partial charge in [-0.1, -0.05) is 23.7 Å². The first-order valence-electron chi connectivity index (χ1n) is 6.41. The first-order chi connectivity index (χ1) is 10.0. The van der Waals surface area contributed by atoms with Gasteiger partial charge in [-0.2, -0.15) is 0 Å². The number of ether oxygens (including phenoxy) is 1. The second-order valence-electron chi connectivity index (χ2n) is 4.59. The first-order valence-corrected chi connectivity index (χ1v) is 6.79. The topological polar surface area (TPSA) is 38.3 Å². The number of methoxy groups -OCH3 is 1. The summed E-state index contributed by atoms with van der Waals surface area (Å²) in [7, 11) is 1.44. The molecular formula is C16H15ClFNO2. The van der Waals surface area contributed by atoms with E-state index in [-0.39, 0.29) is 11.6 Å². The third-order valence-corrected chi connectivity index (χ3v) is 3.38. The zero-order valence-electron chi connectivity index (χ0n) is 11.7. The highest BCUT2D eigenvalue weighted by Gasteiger charge is 2.16. The summed E-state index contributed by atoms with van der Waals surface area (Å²) < 4.78 is 18.4. The summed E-state index contributed by atoms with van der Waals surface area (Å²) in [6.07, 6.45) is 0. The summed E-state index contributed by atoms with van der Waals surface area (Å²) in [6.45, 7) is 1.84. The Balaban J connectivity index is 2.17. The van der Waals surface area contributed by atoms with E-state index in [2.05, 4.69) is 5.32 Å². The maximum atomic E-state index is 13.3. The smallest absolute Gasteiger partial charge is 0.255 e. The van der Waals surface area contributed by atoms with E-state index in [0.717, 1.165) is 11.6 Å². The van der Waals surface area contributed by atoms with Gasteiger partial charge in [-0.3, -0.25) is 4.79 Å². The van der Waals surface area contributed by atoms with E-state index in [1.54, 1.807) is 12.1 Å². The number of carbonyl (C=O) groups excluding carboxylic acids is 1. The highest BCUT2D eigenvalue weighted by atomic mass is 35.5. The van der Waals surface area contributed by atoms with Crippen molar-refractivity contribution in [1.82, 2.24) is 5.32 Å². The lowest BCUT2D eigenvalue weighted by molar-refractivity contribution is 0.0936. The maximum absolute atomic E-state index is 13.3. The molecule has 110 valence electrons. The van der Waals surface area contributed by atoms with Gasteiger partial charge in [-0.05, 0) is 42.8 Å². The van der Waals surface area contributed by atoms with Crippen LogP contribution in [0.4, 0.5) is 4.39 Å². The molecule has 1 atom stereocenters. The molecule has 0 aliphatic heterocycles. The predicted molar refractivity (Wildman–Crippen MR) is 80.3 cm³/mol. The number of amides is 1. The van der Waals surface area contributed by atoms with Gasteiger partial charge in [-0.15, -0.1) is 0 Å². The molecule has 2 aromatic carbocycles. The molecule has 0 bridgehead atoms. The van der Waals surface area contributed by atoms with Gasteiger partial charge in [0.05, 0.1) is 18.7 Å². The van der Waals surface area contributed by atoms with E-state index in [1.165, 1.54) is 19.2 Å². The molecule has 2 rings (SSSR count). The second kappa shape index (κ2) is 6.59. The Bertz CT molecular complexity index is 643. The van der Waals surface area contributed by atoms with Crippen molar-refractivity contribution in [3.05, 3.63) is 64.4 Å². The molecule has 0 aliphatic carbocycles. The Labute approximate surface area is 127 Å². The van der Waals surface area contributed by atoms with Crippen LogP contribution >= 0.6 is 11.6 Å². The molecule has 0 saturated carbocycles. The van der Waals surface area contributed by atoms with E-state index < -0.39 is 11.7 Å². The van der Waals surface area contributed by atoms with Gasteiger partial charge >= 0.3 is 0 Å². The van der Waals surface area contributed by atoms with Gasteiger partial charge < -0.3 is 10.1 Å². The molecule has 0 fully saturated rings. The number of benzene rings is 2. The SMILES string of the molecule is COc1ccc(F)cc1C(=O)NC(C)c1ccc(Cl)cc1. The summed E-state index contributed by atoms with van der Waals surface area (Å²) >= 11 is 5.83. The Kier molecular flexibility index (Phi) is 4.81. The summed E-state index contributed by atoms with van der Waals surface area (Å²) in [5, 5.41) is 3.43. The molecule has 1 unspecified atom stereocenters. The summed E-state index contributed by atoms with van der Waals surface area (Å²) in [5.74, 6) is -0.550. The maximum Gasteiger partial charge on any atom is 0.255 e. The van der Waals surface area contributed by atoms with Crippen LogP contribution in [0.1, 0.15) is 28.9 Å². The van der Waals surface area contributed by atoms with E-state index in [0.29, 0.717) is 10.8 Å². The third kappa shape index (κ3) is 3.73. The summed E-state index contributed by atoms with van der Waals surface area (Å²) in [6, 6.07) is 10.8. The van der Waals surface area contributed by atoms with Gasteiger partial charge in [0, 0.05) is 5.02 Å². The van der Waals surface area contributed by atoms with Crippen molar-refractivity contribution in [1.29, 1.82) is 0 Å². The van der Waals surface area contributed by atoms with Crippen molar-refractivity contribution in [2.75, 3.05) is 7.11 Å². The largest absolute Gasteiger partial charge is 0.496 e. The second-order valence-corrected chi connectivity index (χ2v) is 5.03. The van der Waals surface area contributed by atoms with Crippen molar-refractivity contribution >= 4 is 17.5 Å². The van der Waals surface area contributed by atoms with Gasteiger partial charge in [-0.25, -0.2) is 4.39 Å². The Hall–Kier alpha value is -2.07. The molecule has 5 heteroatoms. The van der Waals surface area contributed by atoms with Crippen molar-refractivity contribution < 1.29 is 13.9 Å². The lowest BCUT2D eigenvalue weighted by atomic mass is 10.1. The Morgan fingerprint density at radius 3 is 2.52 bits per heavy atom. The number of hydrogen-bond donors (Lipinski definition) is 1. The minimum Gasteiger partial charge on any atom is -0.496 e. The molecule has 0 aliphatic rings. The van der Waals surface area contributed by atoms with Crippen molar-refractivity contribution in [2.45, 2.75) is 13.0 Å². The molecule has 0 aromatic heterocycles. The third-order valence-electron chi connectivity index (χ3n) is 3.12. The predicted octanol–water partition coefficient (Wildman–Crippen LogP) is 3.98. The van der Waals surface area contributed by atoms with Gasteiger partial charge in [0.1, 0.15) is 11.6 Å². The molecular weight excluding hydrogens is 293 g/mol. The van der Waals surface area contributed by atoms with Crippen molar-refractivity contribution in [3.8, 4) is 5.75 Å². The van der Waals surface area contributed by atoms with Crippen LogP contribution in [0.2, 0.25) is 5.02 Å². The van der Waals surface area contributed by atoms with Gasteiger partial charge in [0.15, 0.2) is 0 Å². The van der Waals surface area contributed by atoms with Crippen LogP contribution in [0, 0.1) is 5.82 Å². The van der Waals surface area contributed by atoms with Crippen LogP contribution in [0.15, 0.2) is 42.5 Å². The fraction of sp³-hybridized carbons (Fsp3) is 0.188. The molecule has 0 radical (unpaired) electrons. The minimum atomic E-state index is -0.486. The lowest BCUT2D eigenvalue weighted by Crippen LogP contribution is -2.27. The Morgan fingerprint density at radius 1 is 1.24 bits per heavy atom. The Morgan fingerprint density at radius 2 is 1.90 bits per heavy atom. The molecule has 0 heterocycles. The average Bonchev–Trinajstić information content (AvgIpc) is 2.47. The number of halogens is 2. The van der Waals surface area contributed by atoms with Crippen LogP contribution in [-0.4, -0.2) is 13.0 Å². The quantitative estimate of drug-likeness (QED) is 0.928. The highest BCUT2D eigenvalue weighted by Crippen LogP contribution is 2.21. The average molecular weight is 308 g/mol. The minimum absolute atomic E-state index is 0.165.